The average molecular weight is 327 g/mol. The monoisotopic (exact) mass is 327 g/mol. The predicted octanol–water partition coefficient (Wildman–Crippen LogP) is 3.59. The summed E-state index contributed by atoms with van der Waals surface area (Å²) in [5.74, 6) is -1.14. The molecular formula is C19H18FNO3. The molecule has 0 radical (unpaired) electrons. The molecule has 1 amide bonds. The summed E-state index contributed by atoms with van der Waals surface area (Å²) >= 11 is 0. The average Bonchev–Trinajstić information content (AvgIpc) is 3.35. The number of aryl methyl sites for hydroxylation is 1. The second-order valence-electron chi connectivity index (χ2n) is 6.08. The summed E-state index contributed by atoms with van der Waals surface area (Å²) in [5.41, 5.74) is 2.53. The van der Waals surface area contributed by atoms with Gasteiger partial charge in [-0.1, -0.05) is 24.3 Å². The molecule has 4 nitrogen and oxygen atoms in total. The number of nitrogens with one attached hydrogen (secondary N) is 1. The Balaban J connectivity index is 1.58. The summed E-state index contributed by atoms with van der Waals surface area (Å²) in [6, 6.07) is 13.5. The van der Waals surface area contributed by atoms with E-state index >= 15 is 0 Å². The fraction of sp³-hybridized carbons (Fsp3) is 0.263. The van der Waals surface area contributed by atoms with Gasteiger partial charge in [0.15, 0.2) is 0 Å². The zero-order valence-electron chi connectivity index (χ0n) is 13.0. The number of hydrogen-bond acceptors (Lipinski definition) is 2. The van der Waals surface area contributed by atoms with Crippen molar-refractivity contribution >= 4 is 17.6 Å². The van der Waals surface area contributed by atoms with Gasteiger partial charge in [0.05, 0.1) is 0 Å². The van der Waals surface area contributed by atoms with Gasteiger partial charge >= 0.3 is 5.97 Å². The first kappa shape index (κ1) is 16.2. The lowest BCUT2D eigenvalue weighted by molar-refractivity contribution is -0.137. The second kappa shape index (κ2) is 6.83. The SMILES string of the molecule is O=C(O)CCc1cccc(NC(=O)C2CC2c2ccc(F)cc2)c1. The minimum atomic E-state index is -0.843. The quantitative estimate of drug-likeness (QED) is 0.852. The Labute approximate surface area is 139 Å². The van der Waals surface area contributed by atoms with E-state index in [-0.39, 0.29) is 30.0 Å². The van der Waals surface area contributed by atoms with Crippen molar-refractivity contribution in [2.75, 3.05) is 5.32 Å². The van der Waals surface area contributed by atoms with Crippen LogP contribution in [-0.2, 0) is 16.0 Å². The van der Waals surface area contributed by atoms with Gasteiger partial charge in [-0.05, 0) is 54.2 Å². The second-order valence-corrected chi connectivity index (χ2v) is 6.08. The fourth-order valence-corrected chi connectivity index (χ4v) is 2.85. The van der Waals surface area contributed by atoms with Crippen molar-refractivity contribution < 1.29 is 19.1 Å². The van der Waals surface area contributed by atoms with Crippen molar-refractivity contribution in [3.8, 4) is 0 Å². The molecule has 1 fully saturated rings. The van der Waals surface area contributed by atoms with Gasteiger partial charge in [0.25, 0.3) is 0 Å². The maximum atomic E-state index is 12.9. The number of halogens is 1. The minimum Gasteiger partial charge on any atom is -0.481 e. The number of hydrogen-bond donors (Lipinski definition) is 2. The van der Waals surface area contributed by atoms with Crippen LogP contribution in [0.25, 0.3) is 0 Å². The van der Waals surface area contributed by atoms with Crippen LogP contribution in [0.15, 0.2) is 48.5 Å². The van der Waals surface area contributed by atoms with Gasteiger partial charge in [0.2, 0.25) is 5.91 Å². The van der Waals surface area contributed by atoms with E-state index in [4.69, 9.17) is 5.11 Å². The molecule has 5 heteroatoms. The van der Waals surface area contributed by atoms with Gasteiger partial charge in [0, 0.05) is 18.0 Å². The number of amides is 1. The molecule has 0 heterocycles. The Bertz CT molecular complexity index is 757. The highest BCUT2D eigenvalue weighted by Crippen LogP contribution is 2.48. The van der Waals surface area contributed by atoms with Crippen LogP contribution in [0, 0.1) is 11.7 Å². The summed E-state index contributed by atoms with van der Waals surface area (Å²) in [6.07, 6.45) is 1.25. The largest absolute Gasteiger partial charge is 0.481 e. The molecule has 2 atom stereocenters. The molecule has 2 N–H and O–H groups in total. The fourth-order valence-electron chi connectivity index (χ4n) is 2.85. The van der Waals surface area contributed by atoms with E-state index < -0.39 is 5.97 Å². The van der Waals surface area contributed by atoms with Crippen LogP contribution >= 0.6 is 0 Å². The van der Waals surface area contributed by atoms with Crippen LogP contribution in [0.3, 0.4) is 0 Å². The third-order valence-corrected chi connectivity index (χ3v) is 4.25. The molecule has 1 aliphatic carbocycles. The lowest BCUT2D eigenvalue weighted by atomic mass is 10.1. The molecule has 124 valence electrons. The highest BCUT2D eigenvalue weighted by molar-refractivity contribution is 5.95. The molecular weight excluding hydrogens is 309 g/mol. The molecule has 0 aliphatic heterocycles. The maximum Gasteiger partial charge on any atom is 0.303 e. The highest BCUT2D eigenvalue weighted by Gasteiger charge is 2.43. The lowest BCUT2D eigenvalue weighted by Gasteiger charge is -2.07. The zero-order valence-corrected chi connectivity index (χ0v) is 13.0. The Morgan fingerprint density at radius 3 is 2.62 bits per heavy atom. The van der Waals surface area contributed by atoms with Gasteiger partial charge in [-0.2, -0.15) is 0 Å². The first-order valence-electron chi connectivity index (χ1n) is 7.90. The van der Waals surface area contributed by atoms with E-state index in [0.29, 0.717) is 12.1 Å². The van der Waals surface area contributed by atoms with Gasteiger partial charge in [-0.15, -0.1) is 0 Å². The van der Waals surface area contributed by atoms with Crippen molar-refractivity contribution in [2.45, 2.75) is 25.2 Å². The van der Waals surface area contributed by atoms with E-state index in [9.17, 15) is 14.0 Å². The van der Waals surface area contributed by atoms with Gasteiger partial charge in [-0.3, -0.25) is 9.59 Å². The smallest absolute Gasteiger partial charge is 0.303 e. The van der Waals surface area contributed by atoms with Crippen LogP contribution in [0.4, 0.5) is 10.1 Å². The van der Waals surface area contributed by atoms with Crippen molar-refractivity contribution in [3.63, 3.8) is 0 Å². The number of carbonyl (C=O) groups is 2. The van der Waals surface area contributed by atoms with E-state index in [0.717, 1.165) is 17.5 Å². The lowest BCUT2D eigenvalue weighted by Crippen LogP contribution is -2.14. The van der Waals surface area contributed by atoms with Crippen molar-refractivity contribution in [2.24, 2.45) is 5.92 Å². The summed E-state index contributed by atoms with van der Waals surface area (Å²) in [7, 11) is 0. The van der Waals surface area contributed by atoms with E-state index in [1.807, 2.05) is 6.07 Å². The third-order valence-electron chi connectivity index (χ3n) is 4.25. The summed E-state index contributed by atoms with van der Waals surface area (Å²) in [4.78, 5) is 23.0. The van der Waals surface area contributed by atoms with Crippen LogP contribution in [-0.4, -0.2) is 17.0 Å². The number of carbonyl (C=O) groups excluding carboxylic acids is 1. The zero-order chi connectivity index (χ0) is 17.1. The van der Waals surface area contributed by atoms with Gasteiger partial charge < -0.3 is 10.4 Å². The Kier molecular flexibility index (Phi) is 4.60. The third kappa shape index (κ3) is 3.98. The predicted molar refractivity (Wildman–Crippen MR) is 88.3 cm³/mol. The summed E-state index contributed by atoms with van der Waals surface area (Å²) in [5, 5.41) is 11.6. The van der Waals surface area contributed by atoms with Crippen molar-refractivity contribution in [3.05, 3.63) is 65.5 Å². The number of carboxylic acid groups (broad SMARTS) is 1. The molecule has 0 aromatic heterocycles. The number of rotatable bonds is 6. The number of anilines is 1. The Morgan fingerprint density at radius 1 is 1.17 bits per heavy atom. The molecule has 1 aliphatic rings. The topological polar surface area (TPSA) is 66.4 Å². The number of carboxylic acids is 1. The van der Waals surface area contributed by atoms with Crippen LogP contribution in [0.2, 0.25) is 0 Å². The standard InChI is InChI=1S/C19H18FNO3/c20-14-7-5-13(6-8-14)16-11-17(16)19(24)21-15-3-1-2-12(10-15)4-9-18(22)23/h1-3,5-8,10,16-17H,4,9,11H2,(H,21,24)(H,22,23). The first-order valence-corrected chi connectivity index (χ1v) is 7.90. The van der Waals surface area contributed by atoms with Crippen molar-refractivity contribution in [1.29, 1.82) is 0 Å². The molecule has 2 aromatic rings. The van der Waals surface area contributed by atoms with E-state index in [2.05, 4.69) is 5.32 Å². The summed E-state index contributed by atoms with van der Waals surface area (Å²) in [6.45, 7) is 0. The first-order chi connectivity index (χ1) is 11.5. The summed E-state index contributed by atoms with van der Waals surface area (Å²) < 4.78 is 12.9. The molecule has 3 rings (SSSR count). The number of aliphatic carboxylic acids is 1. The van der Waals surface area contributed by atoms with Gasteiger partial charge in [0.1, 0.15) is 5.82 Å². The number of benzene rings is 2. The molecule has 0 saturated heterocycles. The normalized spacial score (nSPS) is 18.9. The maximum absolute atomic E-state index is 12.9. The van der Waals surface area contributed by atoms with Crippen LogP contribution in [0.1, 0.15) is 29.9 Å². The van der Waals surface area contributed by atoms with Crippen molar-refractivity contribution in [1.82, 2.24) is 0 Å². The molecule has 2 aromatic carbocycles. The van der Waals surface area contributed by atoms with Crippen LogP contribution in [0.5, 0.6) is 0 Å². The Morgan fingerprint density at radius 2 is 1.92 bits per heavy atom. The van der Waals surface area contributed by atoms with Gasteiger partial charge in [-0.25, -0.2) is 4.39 Å². The molecule has 1 saturated carbocycles. The van der Waals surface area contributed by atoms with E-state index in [1.54, 1.807) is 30.3 Å². The Hall–Kier alpha value is -2.69. The molecule has 0 spiro atoms. The highest BCUT2D eigenvalue weighted by atomic mass is 19.1. The van der Waals surface area contributed by atoms with Crippen LogP contribution < -0.4 is 5.32 Å². The molecule has 2 unspecified atom stereocenters. The van der Waals surface area contributed by atoms with E-state index in [1.165, 1.54) is 12.1 Å². The minimum absolute atomic E-state index is 0.0558. The molecule has 0 bridgehead atoms. The molecule has 24 heavy (non-hydrogen) atoms.